The second kappa shape index (κ2) is 8.94. The van der Waals surface area contributed by atoms with Crippen LogP contribution < -0.4 is 0 Å². The van der Waals surface area contributed by atoms with Gasteiger partial charge in [0, 0.05) is 15.6 Å². The predicted molar refractivity (Wildman–Crippen MR) is 117 cm³/mol. The zero-order valence-corrected chi connectivity index (χ0v) is 18.6. The number of hydrogen-bond donors (Lipinski definition) is 0. The van der Waals surface area contributed by atoms with Crippen molar-refractivity contribution in [1.82, 2.24) is 0 Å². The van der Waals surface area contributed by atoms with Gasteiger partial charge in [0.1, 0.15) is 0 Å². The Kier molecular flexibility index (Phi) is 6.77. The molecule has 6 heteroatoms. The summed E-state index contributed by atoms with van der Waals surface area (Å²) < 4.78 is 17.7. The molecule has 1 aliphatic heterocycles. The molecule has 1 heterocycles. The molecule has 0 amide bonds. The third-order valence-corrected chi connectivity index (χ3v) is 6.59. The van der Waals surface area contributed by atoms with E-state index in [1.807, 2.05) is 52.8 Å². The van der Waals surface area contributed by atoms with E-state index < -0.39 is 18.3 Å². The molecule has 154 valence electrons. The maximum atomic E-state index is 12.3. The molecular formula is C23H29BO4S. The lowest BCUT2D eigenvalue weighted by atomic mass is 9.66. The van der Waals surface area contributed by atoms with Gasteiger partial charge in [0.2, 0.25) is 0 Å². The average molecular weight is 412 g/mol. The summed E-state index contributed by atoms with van der Waals surface area (Å²) in [4.78, 5) is 14.6. The van der Waals surface area contributed by atoms with Gasteiger partial charge in [-0.25, -0.2) is 0 Å². The molecule has 0 N–H and O–H groups in total. The van der Waals surface area contributed by atoms with Crippen LogP contribution in [0, 0.1) is 0 Å². The Bertz CT molecular complexity index is 805. The third-order valence-electron chi connectivity index (χ3n) is 5.58. The minimum atomic E-state index is -0.503. The van der Waals surface area contributed by atoms with E-state index >= 15 is 0 Å². The normalized spacial score (nSPS) is 18.4. The molecule has 29 heavy (non-hydrogen) atoms. The van der Waals surface area contributed by atoms with Crippen LogP contribution in [-0.2, 0) is 18.8 Å². The molecule has 0 aromatic heterocycles. The van der Waals surface area contributed by atoms with Gasteiger partial charge in [-0.3, -0.25) is 4.79 Å². The fraction of sp³-hybridized carbons (Fsp3) is 0.435. The van der Waals surface area contributed by atoms with Gasteiger partial charge in [-0.05, 0) is 64.4 Å². The Morgan fingerprint density at radius 3 is 2.07 bits per heavy atom. The Morgan fingerprint density at radius 1 is 0.966 bits per heavy atom. The van der Waals surface area contributed by atoms with Crippen molar-refractivity contribution >= 4 is 24.8 Å². The van der Waals surface area contributed by atoms with Crippen molar-refractivity contribution in [3.05, 3.63) is 60.2 Å². The van der Waals surface area contributed by atoms with E-state index in [0.717, 1.165) is 10.5 Å². The van der Waals surface area contributed by atoms with Gasteiger partial charge in [-0.15, -0.1) is 0 Å². The molecule has 0 radical (unpaired) electrons. The molecule has 1 aliphatic rings. The summed E-state index contributed by atoms with van der Waals surface area (Å²) in [6, 6.07) is 18.5. The highest BCUT2D eigenvalue weighted by Crippen LogP contribution is 2.42. The Labute approximate surface area is 178 Å². The Balaban J connectivity index is 1.81. The van der Waals surface area contributed by atoms with Crippen LogP contribution >= 0.6 is 11.8 Å². The minimum Gasteiger partial charge on any atom is -0.466 e. The van der Waals surface area contributed by atoms with E-state index in [2.05, 4.69) is 36.4 Å². The van der Waals surface area contributed by atoms with Crippen molar-refractivity contribution in [1.29, 1.82) is 0 Å². The van der Waals surface area contributed by atoms with Gasteiger partial charge >= 0.3 is 13.1 Å². The van der Waals surface area contributed by atoms with Crippen LogP contribution in [0.3, 0.4) is 0 Å². The number of benzene rings is 2. The van der Waals surface area contributed by atoms with Crippen LogP contribution in [0.2, 0.25) is 0 Å². The SMILES string of the molecule is CCOC(=O)CC(B1OC(C)(C)C(C)(C)O1)c1ccc(Sc2ccccc2)cc1. The van der Waals surface area contributed by atoms with E-state index in [9.17, 15) is 4.79 Å². The second-order valence-electron chi connectivity index (χ2n) is 8.22. The standard InChI is InChI=1S/C23H29BO4S/c1-6-26-21(25)16-20(24-27-22(2,3)23(4,5)28-24)17-12-14-19(15-13-17)29-18-10-8-7-9-11-18/h7-15,20H,6,16H2,1-5H3. The molecule has 1 atom stereocenters. The second-order valence-corrected chi connectivity index (χ2v) is 9.37. The van der Waals surface area contributed by atoms with Crippen molar-refractivity contribution in [3.63, 3.8) is 0 Å². The van der Waals surface area contributed by atoms with E-state index in [-0.39, 0.29) is 18.2 Å². The van der Waals surface area contributed by atoms with E-state index in [1.165, 1.54) is 4.90 Å². The van der Waals surface area contributed by atoms with Crippen LogP contribution in [-0.4, -0.2) is 30.9 Å². The van der Waals surface area contributed by atoms with Gasteiger partial charge in [0.15, 0.2) is 0 Å². The molecule has 0 saturated carbocycles. The van der Waals surface area contributed by atoms with Crippen molar-refractivity contribution < 1.29 is 18.8 Å². The number of esters is 1. The third kappa shape index (κ3) is 5.24. The number of rotatable bonds is 7. The van der Waals surface area contributed by atoms with Gasteiger partial charge in [0.05, 0.1) is 24.2 Å². The lowest BCUT2D eigenvalue weighted by Gasteiger charge is -2.32. The van der Waals surface area contributed by atoms with Crippen LogP contribution in [0.15, 0.2) is 64.4 Å². The first kappa shape index (κ1) is 21.9. The average Bonchev–Trinajstić information content (AvgIpc) is 2.89. The first-order valence-electron chi connectivity index (χ1n) is 10.1. The maximum absolute atomic E-state index is 12.3. The largest absolute Gasteiger partial charge is 0.466 e. The van der Waals surface area contributed by atoms with E-state index in [4.69, 9.17) is 14.0 Å². The highest BCUT2D eigenvalue weighted by Gasteiger charge is 2.54. The molecule has 3 rings (SSSR count). The highest BCUT2D eigenvalue weighted by atomic mass is 32.2. The number of ether oxygens (including phenoxy) is 1. The number of carbonyl (C=O) groups excluding carboxylic acids is 1. The molecule has 4 nitrogen and oxygen atoms in total. The molecule has 0 bridgehead atoms. The van der Waals surface area contributed by atoms with Gasteiger partial charge in [0.25, 0.3) is 0 Å². The van der Waals surface area contributed by atoms with Crippen LogP contribution in [0.4, 0.5) is 0 Å². The summed E-state index contributed by atoms with van der Waals surface area (Å²) in [5.41, 5.74) is 0.107. The molecule has 2 aromatic carbocycles. The molecule has 2 aromatic rings. The quantitative estimate of drug-likeness (QED) is 0.444. The molecule has 1 unspecified atom stereocenters. The summed E-state index contributed by atoms with van der Waals surface area (Å²) >= 11 is 1.71. The summed E-state index contributed by atoms with van der Waals surface area (Å²) in [6.45, 7) is 10.3. The molecule has 1 saturated heterocycles. The Morgan fingerprint density at radius 2 is 1.52 bits per heavy atom. The van der Waals surface area contributed by atoms with Crippen LogP contribution in [0.5, 0.6) is 0 Å². The van der Waals surface area contributed by atoms with Gasteiger partial charge < -0.3 is 14.0 Å². The number of hydrogen-bond acceptors (Lipinski definition) is 5. The first-order valence-corrected chi connectivity index (χ1v) is 10.9. The highest BCUT2D eigenvalue weighted by molar-refractivity contribution is 7.99. The monoisotopic (exact) mass is 412 g/mol. The fourth-order valence-corrected chi connectivity index (χ4v) is 4.07. The summed E-state index contributed by atoms with van der Waals surface area (Å²) in [7, 11) is -0.503. The molecule has 1 fully saturated rings. The topological polar surface area (TPSA) is 44.8 Å². The molecule has 0 aliphatic carbocycles. The van der Waals surface area contributed by atoms with Crippen molar-refractivity contribution in [2.45, 2.75) is 67.8 Å². The van der Waals surface area contributed by atoms with Crippen LogP contribution in [0.1, 0.15) is 52.4 Å². The zero-order valence-electron chi connectivity index (χ0n) is 17.8. The first-order chi connectivity index (χ1) is 13.7. The summed E-state index contributed by atoms with van der Waals surface area (Å²) in [6.07, 6.45) is 0.218. The van der Waals surface area contributed by atoms with E-state index in [0.29, 0.717) is 6.61 Å². The summed E-state index contributed by atoms with van der Waals surface area (Å²) in [5, 5.41) is 0. The minimum absolute atomic E-state index is 0.218. The van der Waals surface area contributed by atoms with Crippen molar-refractivity contribution in [3.8, 4) is 0 Å². The van der Waals surface area contributed by atoms with Crippen molar-refractivity contribution in [2.75, 3.05) is 6.61 Å². The van der Waals surface area contributed by atoms with Gasteiger partial charge in [-0.1, -0.05) is 42.1 Å². The zero-order chi connectivity index (χ0) is 21.1. The number of carbonyl (C=O) groups is 1. The van der Waals surface area contributed by atoms with Crippen molar-refractivity contribution in [2.24, 2.45) is 0 Å². The fourth-order valence-electron chi connectivity index (χ4n) is 3.23. The molecular weight excluding hydrogens is 383 g/mol. The summed E-state index contributed by atoms with van der Waals surface area (Å²) in [5.74, 6) is -0.471. The lowest BCUT2D eigenvalue weighted by Crippen LogP contribution is -2.41. The Hall–Kier alpha value is -1.76. The maximum Gasteiger partial charge on any atom is 0.466 e. The van der Waals surface area contributed by atoms with E-state index in [1.54, 1.807) is 11.8 Å². The smallest absolute Gasteiger partial charge is 0.466 e. The predicted octanol–water partition coefficient (Wildman–Crippen LogP) is 5.51. The van der Waals surface area contributed by atoms with Gasteiger partial charge in [-0.2, -0.15) is 0 Å². The van der Waals surface area contributed by atoms with Crippen LogP contribution in [0.25, 0.3) is 0 Å². The lowest BCUT2D eigenvalue weighted by molar-refractivity contribution is -0.143. The molecule has 0 spiro atoms.